The minimum Gasteiger partial charge on any atom is -0.167 e. The van der Waals surface area contributed by atoms with Gasteiger partial charge in [0.2, 0.25) is 0 Å². The second-order valence-electron chi connectivity index (χ2n) is 0.468. The van der Waals surface area contributed by atoms with Crippen LogP contribution in [0.25, 0.3) is 10.4 Å². The van der Waals surface area contributed by atoms with Crippen molar-refractivity contribution in [3.8, 4) is 6.19 Å². The maximum Gasteiger partial charge on any atom is 0.252 e. The maximum absolute atomic E-state index is 7.60. The summed E-state index contributed by atoms with van der Waals surface area (Å²) in [4.78, 5) is 2.19. The highest BCUT2D eigenvalue weighted by atomic mass is 15.5. The zero-order chi connectivity index (χ0) is 5.54. The summed E-state index contributed by atoms with van der Waals surface area (Å²) in [5.41, 5.74) is 7.49. The van der Waals surface area contributed by atoms with E-state index >= 15 is 0 Å². The van der Waals surface area contributed by atoms with Crippen LogP contribution < -0.4 is 0 Å². The van der Waals surface area contributed by atoms with Crippen molar-refractivity contribution in [1.82, 2.24) is 0 Å². The van der Waals surface area contributed by atoms with E-state index in [2.05, 4.69) is 20.5 Å². The molecule has 0 saturated heterocycles. The summed E-state index contributed by atoms with van der Waals surface area (Å²) in [6.45, 7) is 0. The molecule has 6 heteroatoms. The highest BCUT2D eigenvalue weighted by molar-refractivity contribution is 4.56. The van der Waals surface area contributed by atoms with Crippen LogP contribution in [0, 0.1) is 11.5 Å². The first-order valence-corrected chi connectivity index (χ1v) is 1.25. The lowest BCUT2D eigenvalue weighted by Crippen LogP contribution is -1.38. The van der Waals surface area contributed by atoms with E-state index in [1.54, 1.807) is 0 Å². The van der Waals surface area contributed by atoms with E-state index in [4.69, 9.17) is 10.8 Å². The van der Waals surface area contributed by atoms with Crippen molar-refractivity contribution >= 4 is 0 Å². The van der Waals surface area contributed by atoms with Gasteiger partial charge >= 0.3 is 0 Å². The third-order valence-corrected chi connectivity index (χ3v) is 0.169. The summed E-state index contributed by atoms with van der Waals surface area (Å²) in [6.07, 6.45) is 1.30. The second-order valence-corrected chi connectivity index (χ2v) is 0.468. The van der Waals surface area contributed by atoms with Gasteiger partial charge in [0.05, 0.1) is 10.3 Å². The molecule has 0 aliphatic heterocycles. The maximum atomic E-state index is 7.60. The smallest absolute Gasteiger partial charge is 0.167 e. The van der Waals surface area contributed by atoms with E-state index in [-0.39, 0.29) is 0 Å². The summed E-state index contributed by atoms with van der Waals surface area (Å²) in [7, 11) is 0. The van der Waals surface area contributed by atoms with Crippen LogP contribution >= 0.6 is 0 Å². The Morgan fingerprint density at radius 1 is 1.71 bits per heavy atom. The number of azide groups is 1. The minimum absolute atomic E-state index is 1.30. The second kappa shape index (κ2) is 4.40. The van der Waals surface area contributed by atoms with Gasteiger partial charge in [-0.2, -0.15) is 10.2 Å². The lowest BCUT2D eigenvalue weighted by atomic mass is 11.5. The molecule has 0 fully saturated rings. The lowest BCUT2D eigenvalue weighted by Gasteiger charge is -1.48. The largest absolute Gasteiger partial charge is 0.252 e. The zero-order valence-corrected chi connectivity index (χ0v) is 3.18. The molecule has 0 amide bonds. The summed E-state index contributed by atoms with van der Waals surface area (Å²) in [5, 5.41) is 15.5. The van der Waals surface area contributed by atoms with Crippen LogP contribution in [0.5, 0.6) is 0 Å². The lowest BCUT2D eigenvalue weighted by molar-refractivity contribution is 1.04. The van der Waals surface area contributed by atoms with Crippen molar-refractivity contribution in [2.75, 3.05) is 0 Å². The van der Waals surface area contributed by atoms with Gasteiger partial charge < -0.3 is 0 Å². The molecule has 0 unspecified atom stereocenters. The van der Waals surface area contributed by atoms with Gasteiger partial charge in [0, 0.05) is 0 Å². The van der Waals surface area contributed by atoms with Gasteiger partial charge in [-0.05, 0) is 0 Å². The Bertz CT molecular complexity index is 142. The monoisotopic (exact) mass is 96.0 g/mol. The van der Waals surface area contributed by atoms with E-state index < -0.39 is 0 Å². The highest BCUT2D eigenvalue weighted by Gasteiger charge is 1.62. The Labute approximate surface area is 38.7 Å². The normalized spacial score (nSPS) is 7.29. The van der Waals surface area contributed by atoms with Crippen molar-refractivity contribution in [3.05, 3.63) is 10.4 Å². The molecule has 0 atom stereocenters. The average molecular weight is 96.1 g/mol. The minimum atomic E-state index is 1.30. The summed E-state index contributed by atoms with van der Waals surface area (Å²) >= 11 is 0. The number of nitriles is 1. The Morgan fingerprint density at radius 2 is 2.43 bits per heavy atom. The zero-order valence-electron chi connectivity index (χ0n) is 3.18. The summed E-state index contributed by atoms with van der Waals surface area (Å²) < 4.78 is 0. The first kappa shape index (κ1) is 5.40. The molecule has 0 aromatic heterocycles. The fraction of sp³-hybridized carbons (Fsp3) is 0. The van der Waals surface area contributed by atoms with Crippen molar-refractivity contribution in [1.29, 1.82) is 5.26 Å². The SMILES string of the molecule is N#CN=NN=[N+]=[N-]. The predicted octanol–water partition coefficient (Wildman–Crippen LogP) is 1.14. The molecule has 0 rings (SSSR count). The van der Waals surface area contributed by atoms with Gasteiger partial charge in [-0.3, -0.25) is 0 Å². The van der Waals surface area contributed by atoms with Crippen LogP contribution in [-0.4, -0.2) is 0 Å². The van der Waals surface area contributed by atoms with Crippen molar-refractivity contribution in [2.45, 2.75) is 0 Å². The molecule has 0 aromatic carbocycles. The predicted molar refractivity (Wildman–Crippen MR) is 19.6 cm³/mol. The standard InChI is InChI=1S/CN6/c2-1-4-6-7-5-3. The van der Waals surface area contributed by atoms with Crippen LogP contribution in [0.1, 0.15) is 0 Å². The topological polar surface area (TPSA) is 97.3 Å². The van der Waals surface area contributed by atoms with E-state index in [1.165, 1.54) is 6.19 Å². The molecule has 0 N–H and O–H groups in total. The average Bonchev–Trinajstić information content (AvgIpc) is 1.69. The first-order valence-electron chi connectivity index (χ1n) is 1.25. The van der Waals surface area contributed by atoms with E-state index in [0.717, 1.165) is 0 Å². The Balaban J connectivity index is 3.54. The van der Waals surface area contributed by atoms with Gasteiger partial charge in [0.25, 0.3) is 6.19 Å². The van der Waals surface area contributed by atoms with Gasteiger partial charge in [0.1, 0.15) is 5.22 Å². The number of rotatable bonds is 1. The number of hydrogen-bond acceptors (Lipinski definition) is 2. The molecule has 0 bridgehead atoms. The third kappa shape index (κ3) is 4.40. The molecule has 6 nitrogen and oxygen atoms in total. The first-order chi connectivity index (χ1) is 3.41. The fourth-order valence-electron chi connectivity index (χ4n) is 0.0579. The molecule has 0 aliphatic carbocycles. The molecular formula is CN6. The van der Waals surface area contributed by atoms with Gasteiger partial charge in [-0.25, -0.2) is 0 Å². The summed E-state index contributed by atoms with van der Waals surface area (Å²) in [6, 6.07) is 0. The third-order valence-electron chi connectivity index (χ3n) is 0.169. The molecule has 0 aliphatic rings. The van der Waals surface area contributed by atoms with Crippen LogP contribution in [0.3, 0.4) is 0 Å². The number of nitrogens with zero attached hydrogens (tertiary/aromatic N) is 6. The Hall–Kier alpha value is -1.60. The Kier molecular flexibility index (Phi) is 3.39. The molecule has 0 aromatic rings. The van der Waals surface area contributed by atoms with Crippen LogP contribution in [-0.2, 0) is 0 Å². The van der Waals surface area contributed by atoms with Gasteiger partial charge in [0.15, 0.2) is 0 Å². The van der Waals surface area contributed by atoms with Crippen LogP contribution in [0.2, 0.25) is 0 Å². The Morgan fingerprint density at radius 3 is 2.86 bits per heavy atom. The van der Waals surface area contributed by atoms with Crippen molar-refractivity contribution in [2.24, 2.45) is 15.6 Å². The van der Waals surface area contributed by atoms with Crippen LogP contribution in [0.15, 0.2) is 15.6 Å². The van der Waals surface area contributed by atoms with Crippen molar-refractivity contribution < 1.29 is 0 Å². The number of hydrogen-bond donors (Lipinski definition) is 0. The fourth-order valence-corrected chi connectivity index (χ4v) is 0.0579. The van der Waals surface area contributed by atoms with Crippen LogP contribution in [0.4, 0.5) is 0 Å². The van der Waals surface area contributed by atoms with Gasteiger partial charge in [-0.1, -0.05) is 0 Å². The van der Waals surface area contributed by atoms with Crippen molar-refractivity contribution in [3.63, 3.8) is 0 Å². The van der Waals surface area contributed by atoms with E-state index in [9.17, 15) is 0 Å². The molecule has 7 heavy (non-hydrogen) atoms. The molecule has 0 spiro atoms. The highest BCUT2D eigenvalue weighted by Crippen LogP contribution is 1.71. The molecule has 0 saturated carbocycles. The molecular weight excluding hydrogens is 96.1 g/mol. The summed E-state index contributed by atoms with van der Waals surface area (Å²) in [5.74, 6) is 0. The van der Waals surface area contributed by atoms with E-state index in [1.807, 2.05) is 0 Å². The quantitative estimate of drug-likeness (QED) is 0.158. The molecule has 34 valence electrons. The molecule has 0 radical (unpaired) electrons. The molecule has 0 heterocycles. The van der Waals surface area contributed by atoms with E-state index in [0.29, 0.717) is 0 Å². The van der Waals surface area contributed by atoms with Gasteiger partial charge in [-0.15, -0.1) is 5.53 Å².